The van der Waals surface area contributed by atoms with Gasteiger partial charge < -0.3 is 9.47 Å². The van der Waals surface area contributed by atoms with E-state index < -0.39 is 6.36 Å². The molecule has 0 saturated heterocycles. The first-order valence-corrected chi connectivity index (χ1v) is 5.18. The molecule has 0 N–H and O–H groups in total. The summed E-state index contributed by atoms with van der Waals surface area (Å²) in [4.78, 5) is 0. The normalized spacial score (nSPS) is 11.2. The number of hydrogen-bond acceptors (Lipinski definition) is 2. The maximum Gasteiger partial charge on any atom is 0.573 e. The van der Waals surface area contributed by atoms with Crippen LogP contribution >= 0.6 is 15.9 Å². The Morgan fingerprint density at radius 3 is 2.47 bits per heavy atom. The van der Waals surface area contributed by atoms with Crippen LogP contribution in [0, 0.1) is 0 Å². The van der Waals surface area contributed by atoms with Crippen LogP contribution in [0.25, 0.3) is 0 Å². The van der Waals surface area contributed by atoms with Crippen molar-refractivity contribution in [1.29, 1.82) is 0 Å². The fourth-order valence-electron chi connectivity index (χ4n) is 0.918. The van der Waals surface area contributed by atoms with E-state index in [9.17, 15) is 13.2 Å². The van der Waals surface area contributed by atoms with E-state index in [1.165, 1.54) is 18.2 Å². The van der Waals surface area contributed by atoms with Crippen LogP contribution in [0.15, 0.2) is 24.3 Å². The Balaban J connectivity index is 2.66. The van der Waals surface area contributed by atoms with E-state index in [0.29, 0.717) is 17.7 Å². The zero-order chi connectivity index (χ0) is 11.3. The number of hydrogen-bond donors (Lipinski definition) is 0. The Morgan fingerprint density at radius 2 is 1.87 bits per heavy atom. The molecule has 0 unspecified atom stereocenters. The van der Waals surface area contributed by atoms with Gasteiger partial charge in [0, 0.05) is 11.4 Å². The maximum absolute atomic E-state index is 11.9. The third kappa shape index (κ3) is 4.92. The summed E-state index contributed by atoms with van der Waals surface area (Å²) < 4.78 is 44.4. The Labute approximate surface area is 93.1 Å². The molecule has 0 aliphatic rings. The lowest BCUT2D eigenvalue weighted by Crippen LogP contribution is -2.17. The molecule has 0 amide bonds. The number of benzene rings is 1. The average molecular weight is 285 g/mol. The zero-order valence-corrected chi connectivity index (χ0v) is 9.14. The molecule has 1 rings (SSSR count). The van der Waals surface area contributed by atoms with E-state index in [-0.39, 0.29) is 5.75 Å². The number of halogens is 4. The van der Waals surface area contributed by atoms with Gasteiger partial charge in [-0.15, -0.1) is 13.2 Å². The molecule has 15 heavy (non-hydrogen) atoms. The quantitative estimate of drug-likeness (QED) is 0.790. The molecule has 1 aromatic rings. The van der Waals surface area contributed by atoms with Crippen molar-refractivity contribution in [1.82, 2.24) is 0 Å². The van der Waals surface area contributed by atoms with Gasteiger partial charge in [-0.1, -0.05) is 22.0 Å². The van der Waals surface area contributed by atoms with E-state index in [4.69, 9.17) is 4.74 Å². The van der Waals surface area contributed by atoms with E-state index >= 15 is 0 Å². The molecule has 0 aliphatic carbocycles. The molecular formula is C9H8BrF3O2. The third-order valence-electron chi connectivity index (χ3n) is 1.38. The van der Waals surface area contributed by atoms with Crippen LogP contribution in [0.4, 0.5) is 13.2 Å². The molecule has 2 nitrogen and oxygen atoms in total. The molecule has 0 fully saturated rings. The highest BCUT2D eigenvalue weighted by atomic mass is 79.9. The lowest BCUT2D eigenvalue weighted by Gasteiger charge is -2.10. The van der Waals surface area contributed by atoms with Gasteiger partial charge in [-0.3, -0.25) is 0 Å². The zero-order valence-electron chi connectivity index (χ0n) is 7.55. The monoisotopic (exact) mass is 284 g/mol. The lowest BCUT2D eigenvalue weighted by molar-refractivity contribution is -0.274. The standard InChI is InChI=1S/C9H8BrF3O2/c10-4-5-14-7-2-1-3-8(6-7)15-9(11,12)13/h1-3,6H,4-5H2. The minimum Gasteiger partial charge on any atom is -0.493 e. The Bertz CT molecular complexity index is 314. The van der Waals surface area contributed by atoms with E-state index in [1.807, 2.05) is 0 Å². The second-order valence-electron chi connectivity index (χ2n) is 2.56. The maximum atomic E-state index is 11.9. The predicted octanol–water partition coefficient (Wildman–Crippen LogP) is 3.36. The molecule has 0 spiro atoms. The van der Waals surface area contributed by atoms with Crippen LogP contribution < -0.4 is 9.47 Å². The smallest absolute Gasteiger partial charge is 0.493 e. The summed E-state index contributed by atoms with van der Waals surface area (Å²) in [6.07, 6.45) is -4.67. The van der Waals surface area contributed by atoms with Crippen molar-refractivity contribution in [2.45, 2.75) is 6.36 Å². The van der Waals surface area contributed by atoms with Crippen LogP contribution in [-0.4, -0.2) is 18.3 Å². The van der Waals surface area contributed by atoms with Crippen LogP contribution in [0.2, 0.25) is 0 Å². The second-order valence-corrected chi connectivity index (χ2v) is 3.35. The van der Waals surface area contributed by atoms with Gasteiger partial charge in [0.1, 0.15) is 11.5 Å². The van der Waals surface area contributed by atoms with E-state index in [0.717, 1.165) is 0 Å². The van der Waals surface area contributed by atoms with Crippen molar-refractivity contribution in [2.24, 2.45) is 0 Å². The first-order chi connectivity index (χ1) is 7.01. The predicted molar refractivity (Wildman–Crippen MR) is 52.4 cm³/mol. The molecule has 0 heterocycles. The molecule has 6 heteroatoms. The van der Waals surface area contributed by atoms with Crippen molar-refractivity contribution in [2.75, 3.05) is 11.9 Å². The highest BCUT2D eigenvalue weighted by Crippen LogP contribution is 2.25. The Kier molecular flexibility index (Phi) is 4.26. The summed E-state index contributed by atoms with van der Waals surface area (Å²) in [6.45, 7) is 0.384. The Hall–Kier alpha value is -0.910. The molecular weight excluding hydrogens is 277 g/mol. The van der Waals surface area contributed by atoms with Gasteiger partial charge in [0.2, 0.25) is 0 Å². The number of rotatable bonds is 4. The van der Waals surface area contributed by atoms with Gasteiger partial charge in [-0.05, 0) is 12.1 Å². The highest BCUT2D eigenvalue weighted by molar-refractivity contribution is 9.09. The minimum absolute atomic E-state index is 0.283. The van der Waals surface area contributed by atoms with Gasteiger partial charge in [-0.2, -0.15) is 0 Å². The molecule has 0 bridgehead atoms. The number of ether oxygens (including phenoxy) is 2. The van der Waals surface area contributed by atoms with Crippen LogP contribution in [-0.2, 0) is 0 Å². The van der Waals surface area contributed by atoms with E-state index in [1.54, 1.807) is 6.07 Å². The fourth-order valence-corrected chi connectivity index (χ4v) is 1.08. The van der Waals surface area contributed by atoms with Crippen LogP contribution in [0.1, 0.15) is 0 Å². The average Bonchev–Trinajstić information content (AvgIpc) is 2.12. The molecule has 0 radical (unpaired) electrons. The molecule has 1 aromatic carbocycles. The SMILES string of the molecule is FC(F)(F)Oc1cccc(OCCBr)c1. The largest absolute Gasteiger partial charge is 0.573 e. The van der Waals surface area contributed by atoms with Crippen LogP contribution in [0.3, 0.4) is 0 Å². The summed E-state index contributed by atoms with van der Waals surface area (Å²) in [5.74, 6) is 0.0609. The summed E-state index contributed by atoms with van der Waals surface area (Å²) in [5, 5.41) is 0.608. The molecule has 84 valence electrons. The molecule has 0 atom stereocenters. The second kappa shape index (κ2) is 5.25. The molecule has 0 aliphatic heterocycles. The summed E-state index contributed by atoms with van der Waals surface area (Å²) in [7, 11) is 0. The number of alkyl halides is 4. The highest BCUT2D eigenvalue weighted by Gasteiger charge is 2.31. The lowest BCUT2D eigenvalue weighted by atomic mass is 10.3. The first kappa shape index (κ1) is 12.2. The van der Waals surface area contributed by atoms with Crippen LogP contribution in [0.5, 0.6) is 11.5 Å². The molecule has 0 aromatic heterocycles. The summed E-state index contributed by atoms with van der Waals surface area (Å²) in [6, 6.07) is 5.40. The first-order valence-electron chi connectivity index (χ1n) is 4.06. The van der Waals surface area contributed by atoms with Gasteiger partial charge in [0.25, 0.3) is 0 Å². The van der Waals surface area contributed by atoms with Crippen molar-refractivity contribution in [3.63, 3.8) is 0 Å². The van der Waals surface area contributed by atoms with Crippen molar-refractivity contribution in [3.8, 4) is 11.5 Å². The van der Waals surface area contributed by atoms with Gasteiger partial charge >= 0.3 is 6.36 Å². The van der Waals surface area contributed by atoms with E-state index in [2.05, 4.69) is 20.7 Å². The van der Waals surface area contributed by atoms with Crippen molar-refractivity contribution in [3.05, 3.63) is 24.3 Å². The molecule has 0 saturated carbocycles. The topological polar surface area (TPSA) is 18.5 Å². The van der Waals surface area contributed by atoms with Gasteiger partial charge in [-0.25, -0.2) is 0 Å². The van der Waals surface area contributed by atoms with Crippen molar-refractivity contribution >= 4 is 15.9 Å². The minimum atomic E-state index is -4.67. The summed E-state index contributed by atoms with van der Waals surface area (Å²) >= 11 is 3.14. The van der Waals surface area contributed by atoms with Gasteiger partial charge in [0.15, 0.2) is 0 Å². The fraction of sp³-hybridized carbons (Fsp3) is 0.333. The third-order valence-corrected chi connectivity index (χ3v) is 1.71. The summed E-state index contributed by atoms with van der Waals surface area (Å²) in [5.41, 5.74) is 0. The van der Waals surface area contributed by atoms with Gasteiger partial charge in [0.05, 0.1) is 6.61 Å². The van der Waals surface area contributed by atoms with Crippen molar-refractivity contribution < 1.29 is 22.6 Å². The Morgan fingerprint density at radius 1 is 1.20 bits per heavy atom.